The van der Waals surface area contributed by atoms with Gasteiger partial charge in [0.2, 0.25) is 10.0 Å². The van der Waals surface area contributed by atoms with Gasteiger partial charge >= 0.3 is 0 Å². The largest absolute Gasteiger partial charge is 0.368 e. The highest BCUT2D eigenvalue weighted by Crippen LogP contribution is 2.42. The van der Waals surface area contributed by atoms with Crippen LogP contribution in [0.1, 0.15) is 36.5 Å². The van der Waals surface area contributed by atoms with Crippen LogP contribution in [-0.2, 0) is 10.0 Å². The first-order valence-corrected chi connectivity index (χ1v) is 9.70. The van der Waals surface area contributed by atoms with Crippen LogP contribution in [0.25, 0.3) is 5.52 Å². The molecule has 1 unspecified atom stereocenters. The quantitative estimate of drug-likeness (QED) is 0.886. The lowest BCUT2D eigenvalue weighted by molar-refractivity contribution is 0.0982. The van der Waals surface area contributed by atoms with Gasteiger partial charge in [-0.05, 0) is 38.3 Å². The number of nitrogens with zero attached hydrogens (tertiary/aromatic N) is 3. The van der Waals surface area contributed by atoms with Gasteiger partial charge in [-0.1, -0.05) is 0 Å². The number of aromatic nitrogens is 2. The molecule has 4 rings (SSSR count). The van der Waals surface area contributed by atoms with E-state index in [9.17, 15) is 17.6 Å². The minimum atomic E-state index is -3.71. The molecular formula is C16H19FN4O3S. The zero-order valence-corrected chi connectivity index (χ0v) is 14.6. The summed E-state index contributed by atoms with van der Waals surface area (Å²) < 4.78 is 40.8. The molecular weight excluding hydrogens is 347 g/mol. The molecule has 2 aromatic rings. The fraction of sp³-hybridized carbons (Fsp3) is 0.500. The third-order valence-corrected chi connectivity index (χ3v) is 7.24. The minimum absolute atomic E-state index is 0.186. The lowest BCUT2D eigenvalue weighted by Crippen LogP contribution is -2.38. The molecule has 1 amide bonds. The van der Waals surface area contributed by atoms with Crippen LogP contribution in [0.2, 0.25) is 0 Å². The molecule has 1 aliphatic heterocycles. The Morgan fingerprint density at radius 2 is 2.20 bits per heavy atom. The van der Waals surface area contributed by atoms with Crippen LogP contribution in [0.15, 0.2) is 24.5 Å². The van der Waals surface area contributed by atoms with Gasteiger partial charge in [0.05, 0.1) is 22.0 Å². The number of nitrogens with one attached hydrogen (secondary N) is 1. The molecule has 1 aliphatic carbocycles. The highest BCUT2D eigenvalue weighted by atomic mass is 32.2. The number of amides is 1. The molecule has 1 saturated carbocycles. The zero-order chi connectivity index (χ0) is 17.8. The maximum absolute atomic E-state index is 13.4. The number of rotatable bonds is 4. The predicted molar refractivity (Wildman–Crippen MR) is 90.9 cm³/mol. The van der Waals surface area contributed by atoms with E-state index in [0.29, 0.717) is 37.9 Å². The Kier molecular flexibility index (Phi) is 3.54. The molecule has 2 aliphatic rings. The summed E-state index contributed by atoms with van der Waals surface area (Å²) in [5.41, 5.74) is 1.47. The normalized spacial score (nSPS) is 22.3. The molecule has 1 N–H and O–H groups in total. The van der Waals surface area contributed by atoms with Crippen LogP contribution in [0.3, 0.4) is 0 Å². The summed E-state index contributed by atoms with van der Waals surface area (Å²) in [7, 11) is -3.71. The first kappa shape index (κ1) is 16.3. The third-order valence-electron chi connectivity index (χ3n) is 5.08. The molecule has 2 fully saturated rings. The van der Waals surface area contributed by atoms with Crippen molar-refractivity contribution in [2.24, 2.45) is 0 Å². The van der Waals surface area contributed by atoms with Gasteiger partial charge in [0.15, 0.2) is 0 Å². The summed E-state index contributed by atoms with van der Waals surface area (Å²) in [6.07, 6.45) is 3.76. The molecule has 25 heavy (non-hydrogen) atoms. The van der Waals surface area contributed by atoms with Gasteiger partial charge in [0.25, 0.3) is 5.91 Å². The van der Waals surface area contributed by atoms with Crippen molar-refractivity contribution in [1.82, 2.24) is 14.3 Å². The van der Waals surface area contributed by atoms with Crippen LogP contribution >= 0.6 is 0 Å². The molecule has 0 spiro atoms. The highest BCUT2D eigenvalue weighted by molar-refractivity contribution is 7.91. The molecule has 9 heteroatoms. The number of hydrogen-bond donors (Lipinski definition) is 1. The van der Waals surface area contributed by atoms with Crippen molar-refractivity contribution in [2.75, 3.05) is 18.0 Å². The fourth-order valence-corrected chi connectivity index (χ4v) is 4.28. The second-order valence-electron chi connectivity index (χ2n) is 6.99. The summed E-state index contributed by atoms with van der Waals surface area (Å²) in [4.78, 5) is 14.4. The Morgan fingerprint density at radius 1 is 1.44 bits per heavy atom. The summed E-state index contributed by atoms with van der Waals surface area (Å²) in [6.45, 7) is 2.55. The van der Waals surface area contributed by atoms with Crippen molar-refractivity contribution in [2.45, 2.75) is 37.1 Å². The van der Waals surface area contributed by atoms with E-state index in [0.717, 1.165) is 5.69 Å². The Morgan fingerprint density at radius 3 is 2.84 bits per heavy atom. The van der Waals surface area contributed by atoms with Crippen LogP contribution < -0.4 is 9.62 Å². The highest BCUT2D eigenvalue weighted by Gasteiger charge is 2.51. The van der Waals surface area contributed by atoms with Gasteiger partial charge < -0.3 is 4.90 Å². The van der Waals surface area contributed by atoms with E-state index >= 15 is 0 Å². The van der Waals surface area contributed by atoms with Crippen LogP contribution in [0.4, 0.5) is 10.1 Å². The number of sulfonamides is 1. The second-order valence-corrected chi connectivity index (χ2v) is 9.19. The summed E-state index contributed by atoms with van der Waals surface area (Å²) >= 11 is 0. The lowest BCUT2D eigenvalue weighted by atomic mass is 10.2. The van der Waals surface area contributed by atoms with Crippen molar-refractivity contribution < 1.29 is 17.6 Å². The average Bonchev–Trinajstić information content (AvgIpc) is 3.00. The van der Waals surface area contributed by atoms with E-state index in [1.54, 1.807) is 19.2 Å². The molecule has 3 heterocycles. The van der Waals surface area contributed by atoms with Gasteiger partial charge in [-0.15, -0.1) is 0 Å². The molecule has 0 bridgehead atoms. The Balaban J connectivity index is 1.64. The number of carbonyl (C=O) groups excluding carboxylic acids is 1. The molecule has 0 radical (unpaired) electrons. The van der Waals surface area contributed by atoms with Gasteiger partial charge in [0.1, 0.15) is 6.17 Å². The Hall–Kier alpha value is -2.16. The second kappa shape index (κ2) is 5.42. The third kappa shape index (κ3) is 2.76. The number of anilines is 1. The van der Waals surface area contributed by atoms with Crippen LogP contribution in [0, 0.1) is 0 Å². The summed E-state index contributed by atoms with van der Waals surface area (Å²) in [5.74, 6) is -0.690. The SMILES string of the molecule is CC1(S(=O)(=O)NC(=O)c2cnn3ccc(N4CCC(F)C4)cc23)CC1. The van der Waals surface area contributed by atoms with Crippen molar-refractivity contribution in [3.63, 3.8) is 0 Å². The Bertz CT molecular complexity index is 951. The molecule has 2 aromatic heterocycles. The van der Waals surface area contributed by atoms with Crippen molar-refractivity contribution in [3.8, 4) is 0 Å². The first-order chi connectivity index (χ1) is 11.8. The average molecular weight is 366 g/mol. The minimum Gasteiger partial charge on any atom is -0.368 e. The molecule has 0 aromatic carbocycles. The number of alkyl halides is 1. The smallest absolute Gasteiger partial charge is 0.268 e. The van der Waals surface area contributed by atoms with Crippen LogP contribution in [-0.4, -0.2) is 47.9 Å². The number of hydrogen-bond acceptors (Lipinski definition) is 5. The molecule has 1 saturated heterocycles. The van der Waals surface area contributed by atoms with Crippen molar-refractivity contribution >= 4 is 27.1 Å². The number of fused-ring (bicyclic) bond motifs is 1. The predicted octanol–water partition coefficient (Wildman–Crippen LogP) is 1.49. The first-order valence-electron chi connectivity index (χ1n) is 8.22. The van der Waals surface area contributed by atoms with E-state index in [1.165, 1.54) is 10.7 Å². The molecule has 7 nitrogen and oxygen atoms in total. The topological polar surface area (TPSA) is 83.8 Å². The van der Waals surface area contributed by atoms with Crippen LogP contribution in [0.5, 0.6) is 0 Å². The molecule has 134 valence electrons. The van der Waals surface area contributed by atoms with E-state index in [4.69, 9.17) is 0 Å². The summed E-state index contributed by atoms with van der Waals surface area (Å²) in [6, 6.07) is 3.55. The van der Waals surface area contributed by atoms with E-state index in [-0.39, 0.29) is 5.56 Å². The standard InChI is InChI=1S/C16H19FN4O3S/c1-16(4-5-16)25(23,24)19-15(22)13-9-18-21-7-3-12(8-14(13)21)20-6-2-11(17)10-20/h3,7-9,11H,2,4-6,10H2,1H3,(H,19,22). The maximum atomic E-state index is 13.4. The fourth-order valence-electron chi connectivity index (χ4n) is 3.04. The van der Waals surface area contributed by atoms with Gasteiger partial charge in [-0.3, -0.25) is 4.79 Å². The van der Waals surface area contributed by atoms with E-state index < -0.39 is 26.8 Å². The number of halogens is 1. The zero-order valence-electron chi connectivity index (χ0n) is 13.8. The van der Waals surface area contributed by atoms with Gasteiger partial charge in [-0.2, -0.15) is 5.10 Å². The van der Waals surface area contributed by atoms with Gasteiger partial charge in [0, 0.05) is 25.0 Å². The van der Waals surface area contributed by atoms with Crippen molar-refractivity contribution in [3.05, 3.63) is 30.1 Å². The lowest BCUT2D eigenvalue weighted by Gasteiger charge is -2.17. The van der Waals surface area contributed by atoms with E-state index in [2.05, 4.69) is 9.82 Å². The van der Waals surface area contributed by atoms with E-state index in [1.807, 2.05) is 11.0 Å². The number of pyridine rings is 1. The Labute approximate surface area is 144 Å². The maximum Gasteiger partial charge on any atom is 0.268 e. The van der Waals surface area contributed by atoms with Gasteiger partial charge in [-0.25, -0.2) is 22.0 Å². The summed E-state index contributed by atoms with van der Waals surface area (Å²) in [5, 5.41) is 4.10. The number of carbonyl (C=O) groups is 1. The monoisotopic (exact) mass is 366 g/mol. The molecule has 1 atom stereocenters. The van der Waals surface area contributed by atoms with Crippen molar-refractivity contribution in [1.29, 1.82) is 0 Å².